The van der Waals surface area contributed by atoms with E-state index in [0.717, 1.165) is 16.5 Å². The summed E-state index contributed by atoms with van der Waals surface area (Å²) >= 11 is 2.13. The van der Waals surface area contributed by atoms with E-state index in [1.165, 1.54) is 19.3 Å². The van der Waals surface area contributed by atoms with Crippen LogP contribution in [0.15, 0.2) is 18.2 Å². The second-order valence-electron chi connectivity index (χ2n) is 4.05. The van der Waals surface area contributed by atoms with E-state index in [0.29, 0.717) is 11.3 Å². The van der Waals surface area contributed by atoms with Crippen LogP contribution in [0.1, 0.15) is 43.0 Å². The highest BCUT2D eigenvalue weighted by molar-refractivity contribution is 14.1. The molecule has 0 radical (unpaired) electrons. The van der Waals surface area contributed by atoms with E-state index < -0.39 is 0 Å². The molecule has 0 aliphatic heterocycles. The standard InChI is InChI=1S/C13H19IN2O/c1-2-3-4-5-8-16-13(17)10-6-7-12(15)11(14)9-10/h6-7,9H,2-5,8,15H2,1H3,(H,16,17). The lowest BCUT2D eigenvalue weighted by Gasteiger charge is -2.06. The fourth-order valence-corrected chi connectivity index (χ4v) is 2.04. The van der Waals surface area contributed by atoms with Crippen molar-refractivity contribution >= 4 is 34.2 Å². The molecule has 3 nitrogen and oxygen atoms in total. The highest BCUT2D eigenvalue weighted by Crippen LogP contribution is 2.16. The molecule has 0 heterocycles. The van der Waals surface area contributed by atoms with Crippen LogP contribution in [-0.2, 0) is 0 Å². The molecule has 1 aromatic rings. The Morgan fingerprint density at radius 1 is 1.35 bits per heavy atom. The zero-order chi connectivity index (χ0) is 12.7. The van der Waals surface area contributed by atoms with Crippen LogP contribution in [0, 0.1) is 3.57 Å². The fraction of sp³-hybridized carbons (Fsp3) is 0.462. The van der Waals surface area contributed by atoms with Crippen molar-refractivity contribution in [2.24, 2.45) is 0 Å². The van der Waals surface area contributed by atoms with Gasteiger partial charge in [0.15, 0.2) is 0 Å². The number of nitrogen functional groups attached to an aromatic ring is 1. The van der Waals surface area contributed by atoms with Crippen LogP contribution in [0.4, 0.5) is 5.69 Å². The number of unbranched alkanes of at least 4 members (excludes halogenated alkanes) is 3. The van der Waals surface area contributed by atoms with E-state index in [4.69, 9.17) is 5.73 Å². The molecule has 0 aliphatic rings. The minimum atomic E-state index is -0.0144. The van der Waals surface area contributed by atoms with Crippen molar-refractivity contribution in [1.29, 1.82) is 0 Å². The van der Waals surface area contributed by atoms with Gasteiger partial charge in [0.25, 0.3) is 5.91 Å². The van der Waals surface area contributed by atoms with Crippen molar-refractivity contribution in [3.8, 4) is 0 Å². The van der Waals surface area contributed by atoms with E-state index in [2.05, 4.69) is 34.8 Å². The number of anilines is 1. The predicted molar refractivity (Wildman–Crippen MR) is 80.0 cm³/mol. The molecule has 94 valence electrons. The summed E-state index contributed by atoms with van der Waals surface area (Å²) in [7, 11) is 0. The third-order valence-corrected chi connectivity index (χ3v) is 3.51. The van der Waals surface area contributed by atoms with Crippen molar-refractivity contribution in [3.63, 3.8) is 0 Å². The van der Waals surface area contributed by atoms with E-state index in [1.807, 2.05) is 6.07 Å². The molecule has 17 heavy (non-hydrogen) atoms. The van der Waals surface area contributed by atoms with Gasteiger partial charge in [-0.25, -0.2) is 0 Å². The molecule has 3 N–H and O–H groups in total. The number of amides is 1. The van der Waals surface area contributed by atoms with Gasteiger partial charge in [0, 0.05) is 21.4 Å². The lowest BCUT2D eigenvalue weighted by Crippen LogP contribution is -2.24. The van der Waals surface area contributed by atoms with Crippen molar-refractivity contribution in [2.45, 2.75) is 32.6 Å². The van der Waals surface area contributed by atoms with Crippen molar-refractivity contribution < 1.29 is 4.79 Å². The Labute approximate surface area is 116 Å². The quantitative estimate of drug-likeness (QED) is 0.472. The van der Waals surface area contributed by atoms with Gasteiger partial charge in [0.2, 0.25) is 0 Å². The maximum atomic E-state index is 11.8. The topological polar surface area (TPSA) is 55.1 Å². The Balaban J connectivity index is 2.39. The molecule has 0 saturated heterocycles. The molecule has 1 amide bonds. The molecule has 0 saturated carbocycles. The second-order valence-corrected chi connectivity index (χ2v) is 5.22. The fourth-order valence-electron chi connectivity index (χ4n) is 1.52. The van der Waals surface area contributed by atoms with Crippen LogP contribution in [0.3, 0.4) is 0 Å². The van der Waals surface area contributed by atoms with Crippen LogP contribution in [0.2, 0.25) is 0 Å². The Morgan fingerprint density at radius 3 is 2.76 bits per heavy atom. The summed E-state index contributed by atoms with van der Waals surface area (Å²) in [6, 6.07) is 5.35. The maximum Gasteiger partial charge on any atom is 0.251 e. The number of hydrogen-bond acceptors (Lipinski definition) is 2. The zero-order valence-corrected chi connectivity index (χ0v) is 12.3. The summed E-state index contributed by atoms with van der Waals surface area (Å²) in [5, 5.41) is 2.92. The minimum Gasteiger partial charge on any atom is -0.398 e. The molecule has 0 spiro atoms. The van der Waals surface area contributed by atoms with Gasteiger partial charge in [0.1, 0.15) is 0 Å². The van der Waals surface area contributed by atoms with E-state index in [1.54, 1.807) is 12.1 Å². The van der Waals surface area contributed by atoms with Crippen LogP contribution < -0.4 is 11.1 Å². The lowest BCUT2D eigenvalue weighted by atomic mass is 10.2. The summed E-state index contributed by atoms with van der Waals surface area (Å²) in [5.74, 6) is -0.0144. The van der Waals surface area contributed by atoms with E-state index in [9.17, 15) is 4.79 Å². The average Bonchev–Trinajstić information content (AvgIpc) is 2.32. The molecule has 0 unspecified atom stereocenters. The molecule has 0 atom stereocenters. The maximum absolute atomic E-state index is 11.8. The van der Waals surface area contributed by atoms with Crippen LogP contribution in [0.5, 0.6) is 0 Å². The molecule has 1 rings (SSSR count). The molecule has 4 heteroatoms. The van der Waals surface area contributed by atoms with Gasteiger partial charge in [-0.1, -0.05) is 26.2 Å². The largest absolute Gasteiger partial charge is 0.398 e. The first kappa shape index (κ1) is 14.3. The number of carbonyl (C=O) groups excluding carboxylic acids is 1. The number of halogens is 1. The van der Waals surface area contributed by atoms with E-state index >= 15 is 0 Å². The first-order chi connectivity index (χ1) is 8.15. The summed E-state index contributed by atoms with van der Waals surface area (Å²) in [5.41, 5.74) is 7.10. The number of nitrogens with two attached hydrogens (primary N) is 1. The summed E-state index contributed by atoms with van der Waals surface area (Å²) in [4.78, 5) is 11.8. The second kappa shape index (κ2) is 7.53. The number of carbonyl (C=O) groups is 1. The Kier molecular flexibility index (Phi) is 6.32. The SMILES string of the molecule is CCCCCCNC(=O)c1ccc(N)c(I)c1. The van der Waals surface area contributed by atoms with Crippen molar-refractivity contribution in [3.05, 3.63) is 27.3 Å². The Bertz CT molecular complexity index is 380. The number of nitrogens with one attached hydrogen (secondary N) is 1. The van der Waals surface area contributed by atoms with E-state index in [-0.39, 0.29) is 5.91 Å². The summed E-state index contributed by atoms with van der Waals surface area (Å²) in [6.45, 7) is 2.93. The first-order valence-corrected chi connectivity index (χ1v) is 7.06. The smallest absolute Gasteiger partial charge is 0.251 e. The Morgan fingerprint density at radius 2 is 2.12 bits per heavy atom. The monoisotopic (exact) mass is 346 g/mol. The van der Waals surface area contributed by atoms with Gasteiger partial charge < -0.3 is 11.1 Å². The van der Waals surface area contributed by atoms with Gasteiger partial charge in [-0.2, -0.15) is 0 Å². The molecule has 1 aromatic carbocycles. The van der Waals surface area contributed by atoms with Crippen LogP contribution in [0.25, 0.3) is 0 Å². The molecule has 0 fully saturated rings. The average molecular weight is 346 g/mol. The molecule has 0 aromatic heterocycles. The van der Waals surface area contributed by atoms with Gasteiger partial charge in [-0.15, -0.1) is 0 Å². The zero-order valence-electron chi connectivity index (χ0n) is 10.1. The van der Waals surface area contributed by atoms with Crippen LogP contribution in [-0.4, -0.2) is 12.5 Å². The van der Waals surface area contributed by atoms with Crippen molar-refractivity contribution in [1.82, 2.24) is 5.32 Å². The van der Waals surface area contributed by atoms with Gasteiger partial charge in [-0.3, -0.25) is 4.79 Å². The molecular formula is C13H19IN2O. The minimum absolute atomic E-state index is 0.0144. The highest BCUT2D eigenvalue weighted by Gasteiger charge is 2.06. The van der Waals surface area contributed by atoms with Crippen LogP contribution >= 0.6 is 22.6 Å². The normalized spacial score (nSPS) is 10.2. The predicted octanol–water partition coefficient (Wildman–Crippen LogP) is 3.18. The lowest BCUT2D eigenvalue weighted by molar-refractivity contribution is 0.0953. The van der Waals surface area contributed by atoms with Gasteiger partial charge in [0.05, 0.1) is 0 Å². The van der Waals surface area contributed by atoms with Crippen molar-refractivity contribution in [2.75, 3.05) is 12.3 Å². The summed E-state index contributed by atoms with van der Waals surface area (Å²) in [6.07, 6.45) is 4.67. The third-order valence-electron chi connectivity index (χ3n) is 2.58. The molecule has 0 bridgehead atoms. The Hall–Kier alpha value is -0.780. The van der Waals surface area contributed by atoms with Gasteiger partial charge >= 0.3 is 0 Å². The van der Waals surface area contributed by atoms with Gasteiger partial charge in [-0.05, 0) is 47.2 Å². The highest BCUT2D eigenvalue weighted by atomic mass is 127. The number of rotatable bonds is 6. The number of hydrogen-bond donors (Lipinski definition) is 2. The first-order valence-electron chi connectivity index (χ1n) is 5.98. The number of benzene rings is 1. The molecule has 0 aliphatic carbocycles. The molecular weight excluding hydrogens is 327 g/mol. The third kappa shape index (κ3) is 4.93. The summed E-state index contributed by atoms with van der Waals surface area (Å²) < 4.78 is 0.918.